The van der Waals surface area contributed by atoms with Crippen molar-refractivity contribution in [1.29, 1.82) is 0 Å². The van der Waals surface area contributed by atoms with Crippen molar-refractivity contribution < 1.29 is 4.42 Å². The second kappa shape index (κ2) is 15.1. The van der Waals surface area contributed by atoms with Crippen LogP contribution in [0.4, 0.5) is 0 Å². The van der Waals surface area contributed by atoms with E-state index in [0.717, 1.165) is 24.0 Å². The molecular formula is C64H47NO. The Bertz CT molecular complexity index is 3840. The molecule has 1 unspecified atom stereocenters. The first-order valence-corrected chi connectivity index (χ1v) is 23.3. The first-order valence-electron chi connectivity index (χ1n) is 23.3. The van der Waals surface area contributed by atoms with E-state index in [0.29, 0.717) is 0 Å². The number of nitrogens with zero attached hydrogens (tertiary/aromatic N) is 1. The van der Waals surface area contributed by atoms with E-state index in [1.807, 2.05) is 6.07 Å². The summed E-state index contributed by atoms with van der Waals surface area (Å²) in [5.74, 6) is 0.199. The summed E-state index contributed by atoms with van der Waals surface area (Å²) in [4.78, 5) is 0. The number of aromatic nitrogens is 1. The highest BCUT2D eigenvalue weighted by Crippen LogP contribution is 2.50. The van der Waals surface area contributed by atoms with Crippen LogP contribution < -0.4 is 0 Å². The maximum atomic E-state index is 6.29. The molecule has 0 aliphatic heterocycles. The van der Waals surface area contributed by atoms with Crippen molar-refractivity contribution in [3.8, 4) is 39.1 Å². The lowest BCUT2D eigenvalue weighted by molar-refractivity contribution is 0.657. The number of furan rings is 1. The number of fused-ring (bicyclic) bond motifs is 10. The fraction of sp³-hybridized carbons (Fsp3) is 0.0938. The van der Waals surface area contributed by atoms with Crippen LogP contribution >= 0.6 is 0 Å². The van der Waals surface area contributed by atoms with Crippen molar-refractivity contribution in [3.05, 3.63) is 246 Å². The maximum Gasteiger partial charge on any atom is 0.135 e. The molecule has 314 valence electrons. The van der Waals surface area contributed by atoms with Crippen LogP contribution in [-0.2, 0) is 11.8 Å². The predicted molar refractivity (Wildman–Crippen MR) is 277 cm³/mol. The maximum absolute atomic E-state index is 6.29. The zero-order chi connectivity index (χ0) is 43.9. The lowest BCUT2D eigenvalue weighted by Gasteiger charge is -2.23. The van der Waals surface area contributed by atoms with Crippen LogP contribution in [0, 0.1) is 0 Å². The molecule has 1 atom stereocenters. The normalized spacial score (nSPS) is 13.5. The van der Waals surface area contributed by atoms with Crippen molar-refractivity contribution in [3.63, 3.8) is 0 Å². The van der Waals surface area contributed by atoms with Gasteiger partial charge in [-0.25, -0.2) is 0 Å². The summed E-state index contributed by atoms with van der Waals surface area (Å²) in [6.45, 7) is 4.82. The Morgan fingerprint density at radius 2 is 1.06 bits per heavy atom. The molecule has 12 aromatic rings. The van der Waals surface area contributed by atoms with E-state index in [2.05, 4.69) is 231 Å². The van der Waals surface area contributed by atoms with E-state index in [4.69, 9.17) is 4.42 Å². The first-order chi connectivity index (χ1) is 32.5. The van der Waals surface area contributed by atoms with Gasteiger partial charge in [-0.1, -0.05) is 178 Å². The summed E-state index contributed by atoms with van der Waals surface area (Å²) in [7, 11) is 0. The molecule has 2 heteroatoms. The summed E-state index contributed by atoms with van der Waals surface area (Å²) in [6.07, 6.45) is 1.94. The van der Waals surface area contributed by atoms with Crippen molar-refractivity contribution in [2.75, 3.05) is 0 Å². The fourth-order valence-corrected chi connectivity index (χ4v) is 11.3. The average Bonchev–Trinajstić information content (AvgIpc) is 3.98. The SMILES string of the molecule is CC1(C)c2cc(CCC(c3ccc(-c4cccc5ccccc45)cc3)c3ccc4oc5ccccc5c4c3)ccc2-c2ccc(-c3ccc4c(c3)c3ccccc3n4-c3ccccc3)cc21. The monoisotopic (exact) mass is 845 g/mol. The van der Waals surface area contributed by atoms with Gasteiger partial charge in [-0.15, -0.1) is 0 Å². The molecule has 0 N–H and O–H groups in total. The highest BCUT2D eigenvalue weighted by Gasteiger charge is 2.36. The molecule has 2 aromatic heterocycles. The number of aryl methyl sites for hydroxylation is 1. The van der Waals surface area contributed by atoms with Crippen LogP contribution in [0.25, 0.3) is 93.6 Å². The number of hydrogen-bond donors (Lipinski definition) is 0. The Hall–Kier alpha value is -7.94. The summed E-state index contributed by atoms with van der Waals surface area (Å²) in [6, 6.07) is 80.8. The lowest BCUT2D eigenvalue weighted by Crippen LogP contribution is -2.15. The van der Waals surface area contributed by atoms with E-state index in [-0.39, 0.29) is 11.3 Å². The molecule has 66 heavy (non-hydrogen) atoms. The van der Waals surface area contributed by atoms with Gasteiger partial charge in [0.15, 0.2) is 0 Å². The Morgan fingerprint density at radius 3 is 1.92 bits per heavy atom. The van der Waals surface area contributed by atoms with Crippen LogP contribution in [0.1, 0.15) is 54.0 Å². The Kier molecular flexibility index (Phi) is 8.80. The van der Waals surface area contributed by atoms with Crippen LogP contribution in [0.5, 0.6) is 0 Å². The third kappa shape index (κ3) is 6.16. The van der Waals surface area contributed by atoms with Crippen molar-refractivity contribution >= 4 is 54.5 Å². The zero-order valence-corrected chi connectivity index (χ0v) is 37.1. The molecule has 0 amide bonds. The van der Waals surface area contributed by atoms with Gasteiger partial charge in [0.05, 0.1) is 11.0 Å². The molecule has 2 heterocycles. The summed E-state index contributed by atoms with van der Waals surface area (Å²) in [5.41, 5.74) is 19.9. The summed E-state index contributed by atoms with van der Waals surface area (Å²) >= 11 is 0. The molecular weight excluding hydrogens is 799 g/mol. The van der Waals surface area contributed by atoms with Crippen LogP contribution in [0.2, 0.25) is 0 Å². The molecule has 0 radical (unpaired) electrons. The van der Waals surface area contributed by atoms with Gasteiger partial charge in [-0.3, -0.25) is 0 Å². The van der Waals surface area contributed by atoms with Crippen LogP contribution in [0.3, 0.4) is 0 Å². The van der Waals surface area contributed by atoms with Crippen molar-refractivity contribution in [2.24, 2.45) is 0 Å². The van der Waals surface area contributed by atoms with Crippen LogP contribution in [0.15, 0.2) is 223 Å². The Balaban J connectivity index is 0.831. The highest BCUT2D eigenvalue weighted by molar-refractivity contribution is 6.10. The number of para-hydroxylation sites is 3. The molecule has 0 bridgehead atoms. The van der Waals surface area contributed by atoms with E-state index in [1.165, 1.54) is 110 Å². The molecule has 0 saturated heterocycles. The average molecular weight is 846 g/mol. The van der Waals surface area contributed by atoms with E-state index in [1.54, 1.807) is 0 Å². The summed E-state index contributed by atoms with van der Waals surface area (Å²) < 4.78 is 8.68. The third-order valence-electron chi connectivity index (χ3n) is 14.7. The molecule has 2 nitrogen and oxygen atoms in total. The minimum Gasteiger partial charge on any atom is -0.456 e. The topological polar surface area (TPSA) is 18.1 Å². The Labute approximate surface area is 385 Å². The third-order valence-corrected chi connectivity index (χ3v) is 14.7. The zero-order valence-electron chi connectivity index (χ0n) is 37.1. The predicted octanol–water partition coefficient (Wildman–Crippen LogP) is 17.2. The first kappa shape index (κ1) is 38.5. The van der Waals surface area contributed by atoms with E-state index < -0.39 is 0 Å². The minimum absolute atomic E-state index is 0.145. The van der Waals surface area contributed by atoms with E-state index >= 15 is 0 Å². The molecule has 0 fully saturated rings. The van der Waals surface area contributed by atoms with Gasteiger partial charge in [0.2, 0.25) is 0 Å². The fourth-order valence-electron chi connectivity index (χ4n) is 11.3. The van der Waals surface area contributed by atoms with Gasteiger partial charge in [0, 0.05) is 38.6 Å². The quantitative estimate of drug-likeness (QED) is 0.149. The summed E-state index contributed by atoms with van der Waals surface area (Å²) in [5, 5.41) is 7.44. The largest absolute Gasteiger partial charge is 0.456 e. The van der Waals surface area contributed by atoms with Crippen molar-refractivity contribution in [1.82, 2.24) is 4.57 Å². The highest BCUT2D eigenvalue weighted by atomic mass is 16.3. The van der Waals surface area contributed by atoms with Crippen molar-refractivity contribution in [2.45, 2.75) is 38.0 Å². The number of benzene rings is 10. The lowest BCUT2D eigenvalue weighted by atomic mass is 9.80. The van der Waals surface area contributed by atoms with Gasteiger partial charge >= 0.3 is 0 Å². The standard InChI is InChI=1S/C64H47NO/c1-64(2)58-37-41(24-33-52(58)53-34-29-46(40-59(53)64)45-30-35-61-56(38-45)54-18-8-10-21-60(54)65(61)48-15-4-3-5-16-48)23-32-49(47-31-36-63-57(39-47)55-19-9-11-22-62(55)66-63)43-25-27-44(28-26-43)51-20-12-14-42-13-6-7-17-50(42)51/h3-22,24-31,33-40,49H,23,32H2,1-2H3. The second-order valence-corrected chi connectivity index (χ2v) is 18.8. The Morgan fingerprint density at radius 1 is 0.424 bits per heavy atom. The second-order valence-electron chi connectivity index (χ2n) is 18.8. The number of rotatable bonds is 8. The molecule has 10 aromatic carbocycles. The van der Waals surface area contributed by atoms with E-state index in [9.17, 15) is 0 Å². The van der Waals surface area contributed by atoms with Gasteiger partial charge < -0.3 is 8.98 Å². The van der Waals surface area contributed by atoms with Gasteiger partial charge in [-0.2, -0.15) is 0 Å². The molecule has 1 aliphatic carbocycles. The molecule has 13 rings (SSSR count). The number of hydrogen-bond acceptors (Lipinski definition) is 1. The van der Waals surface area contributed by atoms with Gasteiger partial charge in [-0.05, 0) is 139 Å². The smallest absolute Gasteiger partial charge is 0.135 e. The van der Waals surface area contributed by atoms with Crippen LogP contribution in [-0.4, -0.2) is 4.57 Å². The molecule has 0 saturated carbocycles. The molecule has 1 aliphatic rings. The van der Waals surface area contributed by atoms with Gasteiger partial charge in [0.25, 0.3) is 0 Å². The molecule has 0 spiro atoms. The van der Waals surface area contributed by atoms with Gasteiger partial charge in [0.1, 0.15) is 11.2 Å². The minimum atomic E-state index is -0.145.